The number of carbonyl (C=O) groups excluding carboxylic acids is 5. The van der Waals surface area contributed by atoms with Gasteiger partial charge in [-0.25, -0.2) is 9.59 Å². The van der Waals surface area contributed by atoms with Gasteiger partial charge in [0.25, 0.3) is 0 Å². The Morgan fingerprint density at radius 1 is 0.784 bits per heavy atom. The van der Waals surface area contributed by atoms with Gasteiger partial charge in [-0.05, 0) is 49.2 Å². The molecule has 0 saturated carbocycles. The Labute approximate surface area is 298 Å². The van der Waals surface area contributed by atoms with Crippen LogP contribution in [0, 0.1) is 11.8 Å². The van der Waals surface area contributed by atoms with E-state index in [-0.39, 0.29) is 31.1 Å². The van der Waals surface area contributed by atoms with Gasteiger partial charge in [0, 0.05) is 6.42 Å². The van der Waals surface area contributed by atoms with Crippen molar-refractivity contribution in [3.8, 4) is 0 Å². The lowest BCUT2D eigenvalue weighted by Gasteiger charge is -2.26. The van der Waals surface area contributed by atoms with E-state index in [1.54, 1.807) is 26.0 Å². The van der Waals surface area contributed by atoms with Crippen molar-refractivity contribution in [2.45, 2.75) is 90.3 Å². The van der Waals surface area contributed by atoms with E-state index in [1.807, 2.05) is 38.3 Å². The predicted octanol–water partition coefficient (Wildman–Crippen LogP) is 0.805. The lowest BCUT2D eigenvalue weighted by Crippen LogP contribution is -2.58. The number of aliphatic carboxylic acids is 2. The van der Waals surface area contributed by atoms with Crippen LogP contribution in [0.3, 0.4) is 0 Å². The normalized spacial score (nSPS) is 14.0. The second-order valence-corrected chi connectivity index (χ2v) is 13.2. The molecule has 9 N–H and O–H groups in total. The average Bonchev–Trinajstić information content (AvgIpc) is 3.03. The third-order valence-corrected chi connectivity index (χ3v) is 7.47. The number of hydrogen-bond donors (Lipinski definition) is 8. The molecule has 5 amide bonds. The monoisotopic (exact) mass is 750 g/mol. The number of benzene rings is 1. The van der Waals surface area contributed by atoms with Gasteiger partial charge in [0.15, 0.2) is 0 Å². The standard InChI is InChI=1S/C30H48N6O7S.C2HF3O2/c1-17(2)14-22(27(39)34-21(30(42)43)12-13-44-6)33-24(37)16-32-29(41)25(18(3)4)36-28(40)23(35-26(38)19(5)31)15-20-10-8-7-9-11-20;3-2(4,5)1(6)7/h7-11,17-19,21-23,25H,12-16,31H2,1-6H3,(H,32,41)(H,33,37)(H,34,39)(H,35,38)(H,36,40)(H,42,43);(H,6,7)/t19-,21-,22-,23-,25-;/m0./s1. The van der Waals surface area contributed by atoms with Crippen LogP contribution in [-0.2, 0) is 40.0 Å². The summed E-state index contributed by atoms with van der Waals surface area (Å²) in [4.78, 5) is 84.8. The lowest BCUT2D eigenvalue weighted by atomic mass is 10.0. The summed E-state index contributed by atoms with van der Waals surface area (Å²) in [7, 11) is 0. The molecule has 51 heavy (non-hydrogen) atoms. The highest BCUT2D eigenvalue weighted by atomic mass is 32.2. The first-order valence-corrected chi connectivity index (χ1v) is 17.3. The third kappa shape index (κ3) is 19.6. The smallest absolute Gasteiger partial charge is 0.480 e. The average molecular weight is 751 g/mol. The molecule has 1 aromatic rings. The SMILES string of the molecule is CSCC[C@H](NC(=O)[C@H](CC(C)C)NC(=O)CNC(=O)[C@@H](NC(=O)[C@H](Cc1ccccc1)NC(=O)[C@H](C)N)C(C)C)C(=O)O.O=C(O)C(F)(F)F. The highest BCUT2D eigenvalue weighted by Gasteiger charge is 2.38. The molecule has 0 aromatic heterocycles. The zero-order valence-corrected chi connectivity index (χ0v) is 30.2. The molecule has 5 atom stereocenters. The second kappa shape index (κ2) is 23.2. The number of carbonyl (C=O) groups is 7. The number of hydrogen-bond acceptors (Lipinski definition) is 9. The molecule has 1 rings (SSSR count). The van der Waals surface area contributed by atoms with Gasteiger partial charge in [0.05, 0.1) is 12.6 Å². The molecule has 288 valence electrons. The fraction of sp³-hybridized carbons (Fsp3) is 0.594. The highest BCUT2D eigenvalue weighted by molar-refractivity contribution is 7.98. The summed E-state index contributed by atoms with van der Waals surface area (Å²) in [5.74, 6) is -6.80. The van der Waals surface area contributed by atoms with Crippen molar-refractivity contribution >= 4 is 53.2 Å². The van der Waals surface area contributed by atoms with Gasteiger partial charge in [-0.1, -0.05) is 58.0 Å². The second-order valence-electron chi connectivity index (χ2n) is 12.2. The summed E-state index contributed by atoms with van der Waals surface area (Å²) in [5.41, 5.74) is 6.47. The molecule has 0 heterocycles. The molecule has 0 radical (unpaired) electrons. The first-order chi connectivity index (χ1) is 23.6. The molecule has 0 fully saturated rings. The summed E-state index contributed by atoms with van der Waals surface area (Å²) in [6, 6.07) is 4.05. The highest BCUT2D eigenvalue weighted by Crippen LogP contribution is 2.13. The minimum absolute atomic E-state index is 0.00207. The van der Waals surface area contributed by atoms with Gasteiger partial charge in [-0.3, -0.25) is 24.0 Å². The molecule has 0 aliphatic carbocycles. The van der Waals surface area contributed by atoms with Crippen LogP contribution in [0.2, 0.25) is 0 Å². The van der Waals surface area contributed by atoms with E-state index in [0.717, 1.165) is 5.56 Å². The Morgan fingerprint density at radius 2 is 1.31 bits per heavy atom. The van der Waals surface area contributed by atoms with E-state index in [4.69, 9.17) is 15.6 Å². The van der Waals surface area contributed by atoms with Crippen LogP contribution in [0.1, 0.15) is 53.0 Å². The van der Waals surface area contributed by atoms with Crippen LogP contribution in [0.25, 0.3) is 0 Å². The van der Waals surface area contributed by atoms with Crippen molar-refractivity contribution in [3.05, 3.63) is 35.9 Å². The molecule has 0 aliphatic heterocycles. The molecule has 0 saturated heterocycles. The zero-order valence-electron chi connectivity index (χ0n) is 29.3. The summed E-state index contributed by atoms with van der Waals surface area (Å²) < 4.78 is 31.7. The third-order valence-electron chi connectivity index (χ3n) is 6.83. The van der Waals surface area contributed by atoms with Crippen LogP contribution >= 0.6 is 11.8 Å². The van der Waals surface area contributed by atoms with Crippen LogP contribution in [0.15, 0.2) is 30.3 Å². The molecule has 19 heteroatoms. The number of halogens is 3. The van der Waals surface area contributed by atoms with Crippen LogP contribution in [0.4, 0.5) is 13.2 Å². The van der Waals surface area contributed by atoms with Crippen LogP contribution in [0.5, 0.6) is 0 Å². The van der Waals surface area contributed by atoms with E-state index in [9.17, 15) is 47.0 Å². The first-order valence-electron chi connectivity index (χ1n) is 15.9. The van der Waals surface area contributed by atoms with E-state index in [0.29, 0.717) is 5.75 Å². The molecule has 0 spiro atoms. The zero-order chi connectivity index (χ0) is 39.5. The quantitative estimate of drug-likeness (QED) is 0.0983. The molecule has 0 bridgehead atoms. The van der Waals surface area contributed by atoms with Crippen molar-refractivity contribution in [1.29, 1.82) is 0 Å². The van der Waals surface area contributed by atoms with Crippen molar-refractivity contribution in [1.82, 2.24) is 26.6 Å². The molecule has 0 aliphatic rings. The van der Waals surface area contributed by atoms with Gasteiger partial charge in [0.1, 0.15) is 24.2 Å². The number of thioether (sulfide) groups is 1. The number of alkyl halides is 3. The summed E-state index contributed by atoms with van der Waals surface area (Å²) in [6.45, 7) is 8.16. The predicted molar refractivity (Wildman–Crippen MR) is 183 cm³/mol. The summed E-state index contributed by atoms with van der Waals surface area (Å²) in [5, 5.41) is 29.5. The maximum atomic E-state index is 13.3. The van der Waals surface area contributed by atoms with Crippen molar-refractivity contribution in [2.24, 2.45) is 17.6 Å². The Bertz CT molecular complexity index is 1320. The number of carboxylic acid groups (broad SMARTS) is 2. The van der Waals surface area contributed by atoms with Crippen LogP contribution < -0.4 is 32.3 Å². The number of rotatable bonds is 19. The number of nitrogens with one attached hydrogen (secondary N) is 5. The minimum atomic E-state index is -5.08. The topological polar surface area (TPSA) is 246 Å². The fourth-order valence-electron chi connectivity index (χ4n) is 4.14. The largest absolute Gasteiger partial charge is 0.490 e. The first kappa shape index (κ1) is 46.6. The van der Waals surface area contributed by atoms with Gasteiger partial charge in [0.2, 0.25) is 29.5 Å². The molecular weight excluding hydrogens is 701 g/mol. The molecular formula is C32H49F3N6O9S. The number of carboxylic acids is 2. The minimum Gasteiger partial charge on any atom is -0.480 e. The lowest BCUT2D eigenvalue weighted by molar-refractivity contribution is -0.192. The van der Waals surface area contributed by atoms with Gasteiger partial charge >= 0.3 is 18.1 Å². The van der Waals surface area contributed by atoms with Crippen molar-refractivity contribution < 1.29 is 56.9 Å². The van der Waals surface area contributed by atoms with Crippen molar-refractivity contribution in [3.63, 3.8) is 0 Å². The molecule has 15 nitrogen and oxygen atoms in total. The number of amides is 5. The summed E-state index contributed by atoms with van der Waals surface area (Å²) in [6.07, 6.45) is -2.61. The van der Waals surface area contributed by atoms with Gasteiger partial charge < -0.3 is 42.5 Å². The van der Waals surface area contributed by atoms with Gasteiger partial charge in [-0.2, -0.15) is 24.9 Å². The molecule has 1 aromatic carbocycles. The van der Waals surface area contributed by atoms with Crippen molar-refractivity contribution in [2.75, 3.05) is 18.6 Å². The van der Waals surface area contributed by atoms with Crippen LogP contribution in [-0.4, -0.2) is 107 Å². The van der Waals surface area contributed by atoms with E-state index in [2.05, 4.69) is 26.6 Å². The van der Waals surface area contributed by atoms with Gasteiger partial charge in [-0.15, -0.1) is 0 Å². The van der Waals surface area contributed by atoms with E-state index in [1.165, 1.54) is 18.7 Å². The fourth-order valence-corrected chi connectivity index (χ4v) is 4.61. The number of nitrogens with two attached hydrogens (primary N) is 1. The van der Waals surface area contributed by atoms with E-state index < -0.39 is 84.4 Å². The Morgan fingerprint density at radius 3 is 1.76 bits per heavy atom. The Balaban J connectivity index is 0.00000321. The Hall–Kier alpha value is -4.39. The van der Waals surface area contributed by atoms with E-state index >= 15 is 0 Å². The molecule has 0 unspecified atom stereocenters. The Kier molecular flexibility index (Phi) is 21.2. The summed E-state index contributed by atoms with van der Waals surface area (Å²) >= 11 is 1.45. The maximum Gasteiger partial charge on any atom is 0.490 e. The maximum absolute atomic E-state index is 13.3.